The van der Waals surface area contributed by atoms with E-state index in [0.717, 1.165) is 18.4 Å². The maximum atomic E-state index is 12.9. The van der Waals surface area contributed by atoms with Gasteiger partial charge < -0.3 is 5.32 Å². The van der Waals surface area contributed by atoms with E-state index in [4.69, 9.17) is 23.2 Å². The fraction of sp³-hybridized carbons (Fsp3) is 0.350. The minimum Gasteiger partial charge on any atom is -0.348 e. The van der Waals surface area contributed by atoms with Gasteiger partial charge in [-0.05, 0) is 54.7 Å². The average molecular weight is 441 g/mol. The predicted molar refractivity (Wildman–Crippen MR) is 111 cm³/mol. The summed E-state index contributed by atoms with van der Waals surface area (Å²) in [5.74, 6) is 0.165. The van der Waals surface area contributed by atoms with Gasteiger partial charge in [0.25, 0.3) is 5.91 Å². The van der Waals surface area contributed by atoms with E-state index < -0.39 is 10.0 Å². The molecule has 5 nitrogen and oxygen atoms in total. The summed E-state index contributed by atoms with van der Waals surface area (Å²) in [6.45, 7) is 3.36. The number of carbonyl (C=O) groups excluding carboxylic acids is 1. The molecule has 0 atom stereocenters. The maximum Gasteiger partial charge on any atom is 0.251 e. The SMILES string of the molecule is CC1CCN(S(=O)(=O)c2cccc(C(=O)NCc3ccc(Cl)cc3Cl)c2)CC1. The van der Waals surface area contributed by atoms with Gasteiger partial charge in [0.1, 0.15) is 0 Å². The van der Waals surface area contributed by atoms with E-state index in [1.807, 2.05) is 0 Å². The molecule has 1 fully saturated rings. The number of nitrogens with zero attached hydrogens (tertiary/aromatic N) is 1. The Kier molecular flexibility index (Phi) is 6.65. The van der Waals surface area contributed by atoms with Crippen molar-refractivity contribution in [2.24, 2.45) is 5.92 Å². The van der Waals surface area contributed by atoms with Crippen LogP contribution in [0.5, 0.6) is 0 Å². The summed E-state index contributed by atoms with van der Waals surface area (Å²) in [4.78, 5) is 12.6. The molecule has 8 heteroatoms. The largest absolute Gasteiger partial charge is 0.348 e. The number of carbonyl (C=O) groups is 1. The highest BCUT2D eigenvalue weighted by Crippen LogP contribution is 2.24. The molecule has 0 saturated carbocycles. The molecule has 0 radical (unpaired) electrons. The Morgan fingerprint density at radius 1 is 1.14 bits per heavy atom. The van der Waals surface area contributed by atoms with Gasteiger partial charge in [0.05, 0.1) is 4.90 Å². The fourth-order valence-corrected chi connectivity index (χ4v) is 5.11. The first-order valence-corrected chi connectivity index (χ1v) is 11.3. The van der Waals surface area contributed by atoms with Crippen molar-refractivity contribution in [1.29, 1.82) is 0 Å². The molecule has 2 aromatic carbocycles. The second kappa shape index (κ2) is 8.82. The van der Waals surface area contributed by atoms with Crippen molar-refractivity contribution in [3.63, 3.8) is 0 Å². The second-order valence-electron chi connectivity index (χ2n) is 7.03. The number of sulfonamides is 1. The van der Waals surface area contributed by atoms with Crippen LogP contribution >= 0.6 is 23.2 Å². The Morgan fingerprint density at radius 2 is 1.86 bits per heavy atom. The minimum absolute atomic E-state index is 0.138. The Morgan fingerprint density at radius 3 is 2.54 bits per heavy atom. The summed E-state index contributed by atoms with van der Waals surface area (Å²) in [6.07, 6.45) is 1.70. The summed E-state index contributed by atoms with van der Waals surface area (Å²) in [6, 6.07) is 11.2. The fourth-order valence-electron chi connectivity index (χ4n) is 3.11. The zero-order valence-electron chi connectivity index (χ0n) is 15.5. The van der Waals surface area contributed by atoms with Gasteiger partial charge in [0.15, 0.2) is 0 Å². The molecule has 0 unspecified atom stereocenters. The number of hydrogen-bond acceptors (Lipinski definition) is 3. The lowest BCUT2D eigenvalue weighted by Crippen LogP contribution is -2.38. The van der Waals surface area contributed by atoms with Gasteiger partial charge >= 0.3 is 0 Å². The highest BCUT2D eigenvalue weighted by Gasteiger charge is 2.28. The van der Waals surface area contributed by atoms with Crippen molar-refractivity contribution >= 4 is 39.1 Å². The first kappa shape index (κ1) is 21.1. The van der Waals surface area contributed by atoms with E-state index >= 15 is 0 Å². The zero-order valence-corrected chi connectivity index (χ0v) is 17.8. The van der Waals surface area contributed by atoms with E-state index in [1.54, 1.807) is 30.3 Å². The lowest BCUT2D eigenvalue weighted by molar-refractivity contribution is 0.0950. The molecule has 0 aromatic heterocycles. The minimum atomic E-state index is -3.60. The summed E-state index contributed by atoms with van der Waals surface area (Å²) in [5, 5.41) is 3.74. The van der Waals surface area contributed by atoms with Crippen LogP contribution < -0.4 is 5.32 Å². The molecule has 0 spiro atoms. The molecule has 1 aliphatic heterocycles. The van der Waals surface area contributed by atoms with Gasteiger partial charge in [0.2, 0.25) is 10.0 Å². The van der Waals surface area contributed by atoms with Gasteiger partial charge in [0, 0.05) is 35.2 Å². The Hall–Kier alpha value is -1.60. The monoisotopic (exact) mass is 440 g/mol. The van der Waals surface area contributed by atoms with Crippen molar-refractivity contribution in [2.45, 2.75) is 31.2 Å². The van der Waals surface area contributed by atoms with E-state index in [9.17, 15) is 13.2 Å². The number of benzene rings is 2. The molecule has 1 N–H and O–H groups in total. The van der Waals surface area contributed by atoms with Gasteiger partial charge in [-0.1, -0.05) is 42.3 Å². The molecule has 0 bridgehead atoms. The molecule has 1 heterocycles. The molecule has 150 valence electrons. The van der Waals surface area contributed by atoms with Gasteiger partial charge in [-0.15, -0.1) is 0 Å². The average Bonchev–Trinajstić information content (AvgIpc) is 2.67. The van der Waals surface area contributed by atoms with E-state index in [2.05, 4.69) is 12.2 Å². The molecule has 1 amide bonds. The van der Waals surface area contributed by atoms with Crippen molar-refractivity contribution in [2.75, 3.05) is 13.1 Å². The van der Waals surface area contributed by atoms with E-state index in [0.29, 0.717) is 29.1 Å². The van der Waals surface area contributed by atoms with Crippen molar-refractivity contribution < 1.29 is 13.2 Å². The standard InChI is InChI=1S/C20H22Cl2N2O3S/c1-14-7-9-24(10-8-14)28(26,27)18-4-2-3-15(11-18)20(25)23-13-16-5-6-17(21)12-19(16)22/h2-6,11-12,14H,7-10,13H2,1H3,(H,23,25). The molecule has 1 saturated heterocycles. The first-order chi connectivity index (χ1) is 13.3. The number of amides is 1. The van der Waals surface area contributed by atoms with Crippen LogP contribution in [-0.4, -0.2) is 31.7 Å². The quantitative estimate of drug-likeness (QED) is 0.751. The summed E-state index contributed by atoms with van der Waals surface area (Å²) in [5.41, 5.74) is 1.02. The zero-order chi connectivity index (χ0) is 20.3. The van der Waals surface area contributed by atoms with Crippen LogP contribution in [0.15, 0.2) is 47.4 Å². The van der Waals surface area contributed by atoms with Crippen LogP contribution in [0.4, 0.5) is 0 Å². The summed E-state index contributed by atoms with van der Waals surface area (Å²) < 4.78 is 27.3. The number of nitrogens with one attached hydrogen (secondary N) is 1. The molecule has 1 aliphatic rings. The molecular weight excluding hydrogens is 419 g/mol. The van der Waals surface area contributed by atoms with Crippen LogP contribution in [0.2, 0.25) is 10.0 Å². The lowest BCUT2D eigenvalue weighted by Gasteiger charge is -2.29. The topological polar surface area (TPSA) is 66.5 Å². The third-order valence-electron chi connectivity index (χ3n) is 4.93. The summed E-state index contributed by atoms with van der Waals surface area (Å²) in [7, 11) is -3.60. The lowest BCUT2D eigenvalue weighted by atomic mass is 10.0. The Bertz CT molecular complexity index is 971. The van der Waals surface area contributed by atoms with Crippen molar-refractivity contribution in [3.05, 3.63) is 63.6 Å². The predicted octanol–water partition coefficient (Wildman–Crippen LogP) is 4.34. The third-order valence-corrected chi connectivity index (χ3v) is 7.41. The normalized spacial score (nSPS) is 16.1. The molecule has 0 aliphatic carbocycles. The smallest absolute Gasteiger partial charge is 0.251 e. The van der Waals surface area contributed by atoms with Crippen LogP contribution in [0, 0.1) is 5.92 Å². The maximum absolute atomic E-state index is 12.9. The van der Waals surface area contributed by atoms with E-state index in [-0.39, 0.29) is 22.9 Å². The van der Waals surface area contributed by atoms with Gasteiger partial charge in [-0.2, -0.15) is 4.31 Å². The van der Waals surface area contributed by atoms with Gasteiger partial charge in [-0.3, -0.25) is 4.79 Å². The van der Waals surface area contributed by atoms with Crippen LogP contribution in [-0.2, 0) is 16.6 Å². The van der Waals surface area contributed by atoms with Gasteiger partial charge in [-0.25, -0.2) is 8.42 Å². The molecule has 28 heavy (non-hydrogen) atoms. The highest BCUT2D eigenvalue weighted by molar-refractivity contribution is 7.89. The molecular formula is C20H22Cl2N2O3S. The first-order valence-electron chi connectivity index (χ1n) is 9.09. The number of rotatable bonds is 5. The highest BCUT2D eigenvalue weighted by atomic mass is 35.5. The third kappa shape index (κ3) is 4.87. The van der Waals surface area contributed by atoms with Crippen molar-refractivity contribution in [1.82, 2.24) is 9.62 Å². The Balaban J connectivity index is 1.72. The Labute approximate surface area is 175 Å². The van der Waals surface area contributed by atoms with E-state index in [1.165, 1.54) is 16.4 Å². The summed E-state index contributed by atoms with van der Waals surface area (Å²) >= 11 is 12.0. The van der Waals surface area contributed by atoms with Crippen molar-refractivity contribution in [3.8, 4) is 0 Å². The molecule has 2 aromatic rings. The molecule has 3 rings (SSSR count). The van der Waals surface area contributed by atoms with Crippen LogP contribution in [0.3, 0.4) is 0 Å². The number of hydrogen-bond donors (Lipinski definition) is 1. The number of halogens is 2. The van der Waals surface area contributed by atoms with Crippen LogP contribution in [0.1, 0.15) is 35.7 Å². The second-order valence-corrected chi connectivity index (χ2v) is 9.81. The number of piperidine rings is 1. The van der Waals surface area contributed by atoms with Crippen LogP contribution in [0.25, 0.3) is 0 Å².